The number of carbonyl (C=O) groups is 1. The summed E-state index contributed by atoms with van der Waals surface area (Å²) in [5, 5.41) is 0. The summed E-state index contributed by atoms with van der Waals surface area (Å²) in [6, 6.07) is 7.95. The Morgan fingerprint density at radius 3 is 2.32 bits per heavy atom. The Morgan fingerprint density at radius 1 is 0.941 bits per heavy atom. The quantitative estimate of drug-likeness (QED) is 0.612. The van der Waals surface area contributed by atoms with Crippen LogP contribution in [0.1, 0.15) is 37.3 Å². The van der Waals surface area contributed by atoms with Gasteiger partial charge in [0.05, 0.1) is 25.2 Å². The summed E-state index contributed by atoms with van der Waals surface area (Å²) in [4.78, 5) is 15.0. The molecule has 1 unspecified atom stereocenters. The molecule has 2 aliphatic heterocycles. The zero-order valence-corrected chi connectivity index (χ0v) is 20.0. The molecule has 10 heteroatoms. The fourth-order valence-corrected chi connectivity index (χ4v) is 6.30. The second-order valence-electron chi connectivity index (χ2n) is 8.55. The number of ether oxygens (including phenoxy) is 2. The Kier molecular flexibility index (Phi) is 7.09. The number of carbonyl (C=O) groups excluding carboxylic acids is 1. The van der Waals surface area contributed by atoms with Crippen molar-refractivity contribution >= 4 is 15.9 Å². The molecule has 2 saturated heterocycles. The summed E-state index contributed by atoms with van der Waals surface area (Å²) in [5.41, 5.74) is 0.894. The zero-order valence-electron chi connectivity index (χ0n) is 19.2. The van der Waals surface area contributed by atoms with E-state index in [1.807, 2.05) is 23.1 Å². The van der Waals surface area contributed by atoms with Crippen molar-refractivity contribution in [2.45, 2.75) is 36.6 Å². The Hall–Kier alpha value is -2.72. The average molecular weight is 495 g/mol. The van der Waals surface area contributed by atoms with Crippen molar-refractivity contribution < 1.29 is 31.5 Å². The SMILES string of the molecule is COc1ccc(OC)c(C2CCCN2C(=O)C2CCN(S(=O)(=O)c3ccc(F)c(F)c3)CC2)c1. The molecule has 1 atom stereocenters. The lowest BCUT2D eigenvalue weighted by molar-refractivity contribution is -0.137. The van der Waals surface area contributed by atoms with E-state index >= 15 is 0 Å². The summed E-state index contributed by atoms with van der Waals surface area (Å²) in [6.07, 6.45) is 2.39. The summed E-state index contributed by atoms with van der Waals surface area (Å²) in [6.45, 7) is 0.897. The summed E-state index contributed by atoms with van der Waals surface area (Å²) in [5.74, 6) is -1.25. The van der Waals surface area contributed by atoms with Crippen molar-refractivity contribution in [2.24, 2.45) is 5.92 Å². The van der Waals surface area contributed by atoms with E-state index in [9.17, 15) is 22.0 Å². The number of piperidine rings is 1. The van der Waals surface area contributed by atoms with Gasteiger partial charge in [-0.1, -0.05) is 0 Å². The molecule has 2 heterocycles. The zero-order chi connectivity index (χ0) is 24.5. The fourth-order valence-electron chi connectivity index (χ4n) is 4.82. The molecule has 4 rings (SSSR count). The number of methoxy groups -OCH3 is 2. The van der Waals surface area contributed by atoms with E-state index in [2.05, 4.69) is 0 Å². The molecule has 2 aromatic rings. The standard InChI is InChI=1S/C24H28F2N2O5S/c1-32-17-5-8-23(33-2)19(14-17)22-4-3-11-28(22)24(29)16-9-12-27(13-10-16)34(30,31)18-6-7-20(25)21(26)15-18/h5-8,14-16,22H,3-4,9-13H2,1-2H3. The number of sulfonamides is 1. The molecule has 7 nitrogen and oxygen atoms in total. The van der Waals surface area contributed by atoms with E-state index in [0.29, 0.717) is 37.0 Å². The normalized spacial score (nSPS) is 19.9. The maximum Gasteiger partial charge on any atom is 0.243 e. The summed E-state index contributed by atoms with van der Waals surface area (Å²) >= 11 is 0. The minimum absolute atomic E-state index is 0.00255. The third-order valence-electron chi connectivity index (χ3n) is 6.66. The van der Waals surface area contributed by atoms with Crippen LogP contribution in [-0.4, -0.2) is 57.4 Å². The van der Waals surface area contributed by atoms with Crippen molar-refractivity contribution in [3.63, 3.8) is 0 Å². The summed E-state index contributed by atoms with van der Waals surface area (Å²) in [7, 11) is -0.787. The van der Waals surface area contributed by atoms with Crippen LogP contribution in [0.2, 0.25) is 0 Å². The number of hydrogen-bond acceptors (Lipinski definition) is 5. The van der Waals surface area contributed by atoms with E-state index in [1.54, 1.807) is 14.2 Å². The first-order valence-corrected chi connectivity index (χ1v) is 12.7. The first kappa shape index (κ1) is 24.4. The Balaban J connectivity index is 1.46. The Bertz CT molecular complexity index is 1170. The largest absolute Gasteiger partial charge is 0.497 e. The lowest BCUT2D eigenvalue weighted by Gasteiger charge is -2.34. The molecule has 0 N–H and O–H groups in total. The molecule has 184 valence electrons. The van der Waals surface area contributed by atoms with E-state index in [-0.39, 0.29) is 35.9 Å². The molecule has 0 aliphatic carbocycles. The molecule has 0 bridgehead atoms. The number of hydrogen-bond donors (Lipinski definition) is 0. The van der Waals surface area contributed by atoms with Crippen LogP contribution in [0, 0.1) is 17.6 Å². The van der Waals surface area contributed by atoms with Gasteiger partial charge in [-0.15, -0.1) is 0 Å². The smallest absolute Gasteiger partial charge is 0.243 e. The maximum atomic E-state index is 13.6. The van der Waals surface area contributed by atoms with Gasteiger partial charge in [0.25, 0.3) is 0 Å². The second kappa shape index (κ2) is 9.87. The molecule has 2 fully saturated rings. The van der Waals surface area contributed by atoms with Gasteiger partial charge < -0.3 is 14.4 Å². The van der Waals surface area contributed by atoms with Gasteiger partial charge in [0.15, 0.2) is 11.6 Å². The van der Waals surface area contributed by atoms with Gasteiger partial charge in [-0.25, -0.2) is 17.2 Å². The second-order valence-corrected chi connectivity index (χ2v) is 10.5. The number of rotatable bonds is 6. The van der Waals surface area contributed by atoms with Crippen molar-refractivity contribution in [1.82, 2.24) is 9.21 Å². The molecule has 0 saturated carbocycles. The topological polar surface area (TPSA) is 76.2 Å². The van der Waals surface area contributed by atoms with Crippen molar-refractivity contribution in [3.05, 3.63) is 53.6 Å². The first-order valence-electron chi connectivity index (χ1n) is 11.2. The number of likely N-dealkylation sites (tertiary alicyclic amines) is 1. The number of halogens is 2. The van der Waals surface area contributed by atoms with Crippen LogP contribution in [0.25, 0.3) is 0 Å². The van der Waals surface area contributed by atoms with Crippen LogP contribution >= 0.6 is 0 Å². The minimum atomic E-state index is -3.97. The van der Waals surface area contributed by atoms with Crippen molar-refractivity contribution in [2.75, 3.05) is 33.9 Å². The Morgan fingerprint density at radius 2 is 1.68 bits per heavy atom. The van der Waals surface area contributed by atoms with Crippen LogP contribution in [0.4, 0.5) is 8.78 Å². The number of nitrogens with zero attached hydrogens (tertiary/aromatic N) is 2. The van der Waals surface area contributed by atoms with Gasteiger partial charge in [-0.05, 0) is 62.1 Å². The molecule has 1 amide bonds. The third kappa shape index (κ3) is 4.61. The average Bonchev–Trinajstić information content (AvgIpc) is 3.34. The highest BCUT2D eigenvalue weighted by Gasteiger charge is 2.38. The van der Waals surface area contributed by atoms with Crippen LogP contribution in [0.3, 0.4) is 0 Å². The molecule has 2 aromatic carbocycles. The third-order valence-corrected chi connectivity index (χ3v) is 8.56. The number of benzene rings is 2. The predicted octanol–water partition coefficient (Wildman–Crippen LogP) is 3.75. The Labute approximate surface area is 198 Å². The van der Waals surface area contributed by atoms with Gasteiger partial charge in [0.2, 0.25) is 15.9 Å². The van der Waals surface area contributed by atoms with E-state index in [4.69, 9.17) is 9.47 Å². The highest BCUT2D eigenvalue weighted by Crippen LogP contribution is 2.40. The highest BCUT2D eigenvalue weighted by atomic mass is 32.2. The monoisotopic (exact) mass is 494 g/mol. The predicted molar refractivity (Wildman–Crippen MR) is 121 cm³/mol. The van der Waals surface area contributed by atoms with E-state index in [0.717, 1.165) is 30.5 Å². The van der Waals surface area contributed by atoms with E-state index in [1.165, 1.54) is 4.31 Å². The molecular formula is C24H28F2N2O5S. The minimum Gasteiger partial charge on any atom is -0.497 e. The molecule has 2 aliphatic rings. The highest BCUT2D eigenvalue weighted by molar-refractivity contribution is 7.89. The summed E-state index contributed by atoms with van der Waals surface area (Å²) < 4.78 is 64.6. The fraction of sp³-hybridized carbons (Fsp3) is 0.458. The molecule has 0 aromatic heterocycles. The van der Waals surface area contributed by atoms with Gasteiger partial charge >= 0.3 is 0 Å². The van der Waals surface area contributed by atoms with Crippen molar-refractivity contribution in [3.8, 4) is 11.5 Å². The van der Waals surface area contributed by atoms with Crippen LogP contribution < -0.4 is 9.47 Å². The van der Waals surface area contributed by atoms with Crippen LogP contribution in [0.15, 0.2) is 41.3 Å². The van der Waals surface area contributed by atoms with Gasteiger partial charge in [0.1, 0.15) is 11.5 Å². The molecule has 34 heavy (non-hydrogen) atoms. The lowest BCUT2D eigenvalue weighted by Crippen LogP contribution is -2.44. The van der Waals surface area contributed by atoms with Crippen LogP contribution in [0.5, 0.6) is 11.5 Å². The maximum absolute atomic E-state index is 13.6. The molecular weight excluding hydrogens is 466 g/mol. The van der Waals surface area contributed by atoms with Gasteiger partial charge in [-0.3, -0.25) is 4.79 Å². The molecule has 0 spiro atoms. The van der Waals surface area contributed by atoms with Crippen LogP contribution in [-0.2, 0) is 14.8 Å². The van der Waals surface area contributed by atoms with Crippen molar-refractivity contribution in [1.29, 1.82) is 0 Å². The molecule has 0 radical (unpaired) electrons. The van der Waals surface area contributed by atoms with Gasteiger partial charge in [0, 0.05) is 31.1 Å². The van der Waals surface area contributed by atoms with E-state index < -0.39 is 21.7 Å². The lowest BCUT2D eigenvalue weighted by atomic mass is 9.95. The number of amides is 1. The van der Waals surface area contributed by atoms with Gasteiger partial charge in [-0.2, -0.15) is 4.31 Å². The first-order chi connectivity index (χ1) is 16.3.